The molecule has 1 aromatic carbocycles. The van der Waals surface area contributed by atoms with Gasteiger partial charge in [-0.05, 0) is 129 Å². The lowest BCUT2D eigenvalue weighted by Gasteiger charge is -2.70. The maximum Gasteiger partial charge on any atom is 0.313 e. The molecule has 2 heterocycles. The molecule has 2 aromatic rings. The van der Waals surface area contributed by atoms with Gasteiger partial charge in [-0.25, -0.2) is 0 Å². The summed E-state index contributed by atoms with van der Waals surface area (Å²) in [5.74, 6) is 1.37. The molecule has 8 atom stereocenters. The Morgan fingerprint density at radius 3 is 2.38 bits per heavy atom. The van der Waals surface area contributed by atoms with E-state index in [0.29, 0.717) is 12.5 Å². The predicted molar refractivity (Wildman–Crippen MR) is 210 cm³/mol. The summed E-state index contributed by atoms with van der Waals surface area (Å²) in [4.78, 5) is 42.4. The molecule has 8 heteroatoms. The van der Waals surface area contributed by atoms with Gasteiger partial charge in [-0.1, -0.05) is 81.8 Å². The molecule has 0 N–H and O–H groups in total. The Morgan fingerprint density at radius 2 is 1.62 bits per heavy atom. The van der Waals surface area contributed by atoms with Crippen LogP contribution in [0.4, 0.5) is 0 Å². The molecule has 1 aromatic heterocycles. The fraction of sp³-hybridized carbons (Fsp3) is 0.702. The predicted octanol–water partition coefficient (Wildman–Crippen LogP) is 9.55. The van der Waals surface area contributed by atoms with Crippen LogP contribution in [-0.4, -0.2) is 47.6 Å². The second kappa shape index (κ2) is 13.9. The first kappa shape index (κ1) is 38.5. The number of esters is 2. The van der Waals surface area contributed by atoms with Crippen molar-refractivity contribution in [3.63, 3.8) is 0 Å². The summed E-state index contributed by atoms with van der Waals surface area (Å²) >= 11 is 0. The summed E-state index contributed by atoms with van der Waals surface area (Å²) < 4.78 is 18.4. The molecule has 8 rings (SSSR count). The maximum absolute atomic E-state index is 14.4. The van der Waals surface area contributed by atoms with Gasteiger partial charge in [0, 0.05) is 25.1 Å². The molecule has 5 aliphatic carbocycles. The van der Waals surface area contributed by atoms with Gasteiger partial charge in [0.05, 0.1) is 23.4 Å². The zero-order valence-corrected chi connectivity index (χ0v) is 34.3. The minimum Gasteiger partial charge on any atom is -0.465 e. The van der Waals surface area contributed by atoms with E-state index in [4.69, 9.17) is 14.0 Å². The maximum atomic E-state index is 14.4. The summed E-state index contributed by atoms with van der Waals surface area (Å²) in [5.41, 5.74) is 2.69. The summed E-state index contributed by atoms with van der Waals surface area (Å²) in [5, 5.41) is 4.32. The van der Waals surface area contributed by atoms with Crippen molar-refractivity contribution in [2.24, 2.45) is 44.8 Å². The van der Waals surface area contributed by atoms with E-state index in [1.165, 1.54) is 5.57 Å². The number of piperidine rings is 1. The van der Waals surface area contributed by atoms with Crippen LogP contribution in [0.15, 0.2) is 52.7 Å². The van der Waals surface area contributed by atoms with Crippen molar-refractivity contribution in [1.29, 1.82) is 0 Å². The Balaban J connectivity index is 1.05. The largest absolute Gasteiger partial charge is 0.465 e. The van der Waals surface area contributed by atoms with Crippen molar-refractivity contribution in [1.82, 2.24) is 10.1 Å². The molecule has 0 spiro atoms. The fourth-order valence-corrected chi connectivity index (χ4v) is 13.5. The molecule has 8 nitrogen and oxygen atoms in total. The molecule has 0 radical (unpaired) electrons. The molecule has 4 fully saturated rings. The zero-order valence-electron chi connectivity index (χ0n) is 34.3. The molecular weight excluding hydrogens is 689 g/mol. The number of nitrogens with zero attached hydrogens (tertiary/aromatic N) is 2. The molecule has 55 heavy (non-hydrogen) atoms. The SMILES string of the molecule is CC1(C)CC[C@]2(C(=O)OCc3ccccc3)CC[C@]3(C)C(=CC[C@@H]4[C@@]5(C)Cc6cnoc6[C@@](C)(COC(=O)CCC(=O)N6CCCCC6)[C@@H]5CC[C@]43C)[C@@H]2C1. The number of allylic oxidation sites excluding steroid dienone is 2. The highest BCUT2D eigenvalue weighted by Gasteiger charge is 2.70. The average Bonchev–Trinajstić information content (AvgIpc) is 3.65. The highest BCUT2D eigenvalue weighted by atomic mass is 16.5. The highest BCUT2D eigenvalue weighted by molar-refractivity contribution is 5.81. The summed E-state index contributed by atoms with van der Waals surface area (Å²) in [7, 11) is 0. The van der Waals surface area contributed by atoms with Crippen LogP contribution in [0, 0.1) is 44.8 Å². The average molecular weight is 753 g/mol. The number of hydrogen-bond donors (Lipinski definition) is 0. The van der Waals surface area contributed by atoms with Crippen molar-refractivity contribution < 1.29 is 28.4 Å². The fourth-order valence-electron chi connectivity index (χ4n) is 13.5. The molecule has 3 saturated carbocycles. The van der Waals surface area contributed by atoms with Gasteiger partial charge in [-0.2, -0.15) is 0 Å². The topological polar surface area (TPSA) is 98.9 Å². The smallest absolute Gasteiger partial charge is 0.313 e. The van der Waals surface area contributed by atoms with E-state index in [-0.39, 0.29) is 70.8 Å². The second-order valence-corrected chi connectivity index (χ2v) is 20.3. The lowest BCUT2D eigenvalue weighted by atomic mass is 9.33. The van der Waals surface area contributed by atoms with Crippen LogP contribution in [-0.2, 0) is 42.3 Å². The van der Waals surface area contributed by atoms with Crippen LogP contribution < -0.4 is 0 Å². The third-order valence-corrected chi connectivity index (χ3v) is 16.8. The minimum absolute atomic E-state index is 0.00353. The number of amides is 1. The first-order valence-electron chi connectivity index (χ1n) is 21.4. The van der Waals surface area contributed by atoms with Crippen LogP contribution in [0.3, 0.4) is 0 Å². The third kappa shape index (κ3) is 6.22. The molecule has 1 amide bonds. The van der Waals surface area contributed by atoms with E-state index in [0.717, 1.165) is 107 Å². The Hall–Kier alpha value is -3.42. The van der Waals surface area contributed by atoms with Gasteiger partial charge < -0.3 is 18.9 Å². The van der Waals surface area contributed by atoms with Crippen LogP contribution in [0.25, 0.3) is 0 Å². The van der Waals surface area contributed by atoms with Crippen LogP contribution in [0.2, 0.25) is 0 Å². The van der Waals surface area contributed by atoms with Crippen LogP contribution in [0.5, 0.6) is 0 Å². The number of rotatable bonds is 8. The standard InChI is InChI=1S/C47H64N2O6/c1-42(2)21-23-47(41(52)53-30-32-13-9-7-10-14-32)24-22-45(5)34(35(47)28-42)15-16-37-43(3)27-33-29-48-55-40(33)44(4,36(43)19-20-46(37,45)6)31-54-39(51)18-17-38(50)49-25-11-8-12-26-49/h7,9-10,13-15,29,35-37H,8,11-12,16-28,30-31H2,1-6H3/t35-,36+,37+,43-,44-,45+,46+,47-/m0/s1. The molecule has 0 bridgehead atoms. The summed E-state index contributed by atoms with van der Waals surface area (Å²) in [6.07, 6.45) is 16.7. The van der Waals surface area contributed by atoms with E-state index in [2.05, 4.69) is 52.8 Å². The Kier molecular flexibility index (Phi) is 9.72. The number of carbonyl (C=O) groups is 3. The van der Waals surface area contributed by atoms with E-state index < -0.39 is 10.8 Å². The quantitative estimate of drug-likeness (QED) is 0.196. The van der Waals surface area contributed by atoms with E-state index in [1.807, 2.05) is 41.4 Å². The van der Waals surface area contributed by atoms with Gasteiger partial charge in [0.1, 0.15) is 19.0 Å². The van der Waals surface area contributed by atoms with Crippen LogP contribution >= 0.6 is 0 Å². The first-order chi connectivity index (χ1) is 26.2. The van der Waals surface area contributed by atoms with Gasteiger partial charge in [0.2, 0.25) is 5.91 Å². The van der Waals surface area contributed by atoms with Crippen LogP contribution in [0.1, 0.15) is 142 Å². The molecule has 0 unspecified atom stereocenters. The normalized spacial score (nSPS) is 37.5. The highest BCUT2D eigenvalue weighted by Crippen LogP contribution is 2.75. The Morgan fingerprint density at radius 1 is 0.873 bits per heavy atom. The minimum atomic E-state index is -0.533. The van der Waals surface area contributed by atoms with Gasteiger partial charge in [0.25, 0.3) is 0 Å². The molecule has 6 aliphatic rings. The molecule has 1 aliphatic heterocycles. The van der Waals surface area contributed by atoms with Crippen molar-refractivity contribution in [2.75, 3.05) is 19.7 Å². The van der Waals surface area contributed by atoms with Crippen molar-refractivity contribution in [3.8, 4) is 0 Å². The molecule has 1 saturated heterocycles. The molecular formula is C47H64N2O6. The number of fused-ring (bicyclic) bond motifs is 8. The van der Waals surface area contributed by atoms with Gasteiger partial charge in [0.15, 0.2) is 0 Å². The first-order valence-corrected chi connectivity index (χ1v) is 21.4. The van der Waals surface area contributed by atoms with Gasteiger partial charge >= 0.3 is 11.9 Å². The van der Waals surface area contributed by atoms with E-state index in [1.54, 1.807) is 0 Å². The zero-order chi connectivity index (χ0) is 38.9. The van der Waals surface area contributed by atoms with Gasteiger partial charge in [-0.15, -0.1) is 0 Å². The van der Waals surface area contributed by atoms with Crippen molar-refractivity contribution >= 4 is 17.8 Å². The number of hydrogen-bond acceptors (Lipinski definition) is 7. The van der Waals surface area contributed by atoms with Gasteiger partial charge in [-0.3, -0.25) is 14.4 Å². The van der Waals surface area contributed by atoms with Crippen molar-refractivity contribution in [2.45, 2.75) is 143 Å². The summed E-state index contributed by atoms with van der Waals surface area (Å²) in [6, 6.07) is 10.1. The Labute approximate surface area is 328 Å². The van der Waals surface area contributed by atoms with E-state index >= 15 is 0 Å². The third-order valence-electron chi connectivity index (χ3n) is 16.8. The number of carbonyl (C=O) groups excluding carboxylic acids is 3. The number of ether oxygens (including phenoxy) is 2. The number of aromatic nitrogens is 1. The second-order valence-electron chi connectivity index (χ2n) is 20.3. The summed E-state index contributed by atoms with van der Waals surface area (Å²) in [6.45, 7) is 16.7. The number of likely N-dealkylation sites (tertiary alicyclic amines) is 1. The molecule has 298 valence electrons. The van der Waals surface area contributed by atoms with Crippen molar-refractivity contribution in [3.05, 3.63) is 65.1 Å². The Bertz CT molecular complexity index is 1830. The monoisotopic (exact) mass is 752 g/mol. The number of benzene rings is 1. The lowest BCUT2D eigenvalue weighted by molar-refractivity contribution is -0.185. The lowest BCUT2D eigenvalue weighted by Crippen LogP contribution is -2.65. The van der Waals surface area contributed by atoms with E-state index in [9.17, 15) is 14.4 Å².